The van der Waals surface area contributed by atoms with Gasteiger partial charge in [0.15, 0.2) is 0 Å². The highest BCUT2D eigenvalue weighted by Gasteiger charge is 2.39. The first-order chi connectivity index (χ1) is 11.3. The Morgan fingerprint density at radius 1 is 1.24 bits per heavy atom. The Bertz CT molecular complexity index is 469. The van der Waals surface area contributed by atoms with Crippen molar-refractivity contribution in [3.05, 3.63) is 0 Å². The Balaban J connectivity index is 2.59. The quantitative estimate of drug-likeness (QED) is 0.795. The van der Waals surface area contributed by atoms with Crippen LogP contribution in [-0.4, -0.2) is 54.2 Å². The maximum absolute atomic E-state index is 12.3. The first kappa shape index (κ1) is 21.7. The summed E-state index contributed by atoms with van der Waals surface area (Å²) in [5, 5.41) is 6.42. The molecule has 2 amide bonds. The average Bonchev–Trinajstić information content (AvgIpc) is 2.44. The fourth-order valence-electron chi connectivity index (χ4n) is 2.98. The van der Waals surface area contributed by atoms with Gasteiger partial charge in [0.2, 0.25) is 5.91 Å². The standard InChI is InChI=1S/C19H37N3O3/c1-13(2)11-20-16(23)14(3)21-15-9-10-22(12-19(15,7)8)17(24)25-18(4,5)6/h13-15,21H,9-12H2,1-8H3,(H,20,23). The molecule has 1 rings (SSSR count). The smallest absolute Gasteiger partial charge is 0.410 e. The van der Waals surface area contributed by atoms with Gasteiger partial charge in [-0.2, -0.15) is 0 Å². The SMILES string of the molecule is CC(C)CNC(=O)C(C)NC1CCN(C(=O)OC(C)(C)C)CC1(C)C. The summed E-state index contributed by atoms with van der Waals surface area (Å²) in [5.41, 5.74) is -0.624. The first-order valence-electron chi connectivity index (χ1n) is 9.33. The van der Waals surface area contributed by atoms with Crippen LogP contribution in [0, 0.1) is 11.3 Å². The fourth-order valence-corrected chi connectivity index (χ4v) is 2.98. The van der Waals surface area contributed by atoms with Crippen molar-refractivity contribution in [3.63, 3.8) is 0 Å². The predicted molar refractivity (Wildman–Crippen MR) is 100 cm³/mol. The van der Waals surface area contributed by atoms with Crippen LogP contribution in [0.15, 0.2) is 0 Å². The highest BCUT2D eigenvalue weighted by Crippen LogP contribution is 2.30. The third-order valence-corrected chi connectivity index (χ3v) is 4.41. The van der Waals surface area contributed by atoms with Crippen LogP contribution in [0.3, 0.4) is 0 Å². The van der Waals surface area contributed by atoms with E-state index in [4.69, 9.17) is 4.74 Å². The lowest BCUT2D eigenvalue weighted by atomic mass is 9.79. The number of hydrogen-bond donors (Lipinski definition) is 2. The largest absolute Gasteiger partial charge is 0.444 e. The highest BCUT2D eigenvalue weighted by atomic mass is 16.6. The van der Waals surface area contributed by atoms with Crippen molar-refractivity contribution >= 4 is 12.0 Å². The maximum Gasteiger partial charge on any atom is 0.410 e. The summed E-state index contributed by atoms with van der Waals surface area (Å²) < 4.78 is 5.48. The molecule has 2 unspecified atom stereocenters. The molecule has 2 N–H and O–H groups in total. The second-order valence-corrected chi connectivity index (χ2v) is 9.26. The van der Waals surface area contributed by atoms with Gasteiger partial charge in [-0.05, 0) is 45.4 Å². The van der Waals surface area contributed by atoms with Crippen LogP contribution in [0.2, 0.25) is 0 Å². The normalized spacial score (nSPS) is 21.8. The second kappa shape index (κ2) is 8.39. The molecule has 0 aliphatic carbocycles. The molecular formula is C19H37N3O3. The van der Waals surface area contributed by atoms with Gasteiger partial charge < -0.3 is 20.3 Å². The van der Waals surface area contributed by atoms with Crippen LogP contribution in [-0.2, 0) is 9.53 Å². The summed E-state index contributed by atoms with van der Waals surface area (Å²) in [6, 6.07) is -0.0814. The number of nitrogens with zero attached hydrogens (tertiary/aromatic N) is 1. The monoisotopic (exact) mass is 355 g/mol. The Kier molecular flexibility index (Phi) is 7.29. The number of amides is 2. The zero-order valence-corrected chi connectivity index (χ0v) is 17.2. The van der Waals surface area contributed by atoms with E-state index in [0.29, 0.717) is 25.6 Å². The molecule has 6 nitrogen and oxygen atoms in total. The minimum Gasteiger partial charge on any atom is -0.444 e. The van der Waals surface area contributed by atoms with Crippen LogP contribution in [0.25, 0.3) is 0 Å². The van der Waals surface area contributed by atoms with Gasteiger partial charge in [-0.25, -0.2) is 4.79 Å². The van der Waals surface area contributed by atoms with Gasteiger partial charge in [-0.1, -0.05) is 27.7 Å². The van der Waals surface area contributed by atoms with Gasteiger partial charge in [0.1, 0.15) is 5.60 Å². The molecule has 0 saturated carbocycles. The molecule has 0 bridgehead atoms. The number of piperidine rings is 1. The molecule has 2 atom stereocenters. The topological polar surface area (TPSA) is 70.7 Å². The van der Waals surface area contributed by atoms with E-state index in [-0.39, 0.29) is 29.5 Å². The van der Waals surface area contributed by atoms with Crippen molar-refractivity contribution < 1.29 is 14.3 Å². The van der Waals surface area contributed by atoms with Crippen LogP contribution < -0.4 is 10.6 Å². The molecule has 1 fully saturated rings. The minimum absolute atomic E-state index is 0.0269. The Morgan fingerprint density at radius 3 is 2.32 bits per heavy atom. The summed E-state index contributed by atoms with van der Waals surface area (Å²) in [4.78, 5) is 26.3. The number of hydrogen-bond acceptors (Lipinski definition) is 4. The average molecular weight is 356 g/mol. The zero-order valence-electron chi connectivity index (χ0n) is 17.2. The van der Waals surface area contributed by atoms with E-state index in [2.05, 4.69) is 38.3 Å². The summed E-state index contributed by atoms with van der Waals surface area (Å²) in [6.07, 6.45) is 0.537. The number of nitrogens with one attached hydrogen (secondary N) is 2. The summed E-state index contributed by atoms with van der Waals surface area (Å²) in [5.74, 6) is 0.462. The second-order valence-electron chi connectivity index (χ2n) is 9.26. The molecule has 0 aromatic heterocycles. The van der Waals surface area contributed by atoms with E-state index in [0.717, 1.165) is 6.42 Å². The van der Waals surface area contributed by atoms with E-state index >= 15 is 0 Å². The highest BCUT2D eigenvalue weighted by molar-refractivity contribution is 5.81. The van der Waals surface area contributed by atoms with E-state index in [1.807, 2.05) is 27.7 Å². The van der Waals surface area contributed by atoms with Crippen LogP contribution >= 0.6 is 0 Å². The van der Waals surface area contributed by atoms with E-state index in [1.54, 1.807) is 4.90 Å². The lowest BCUT2D eigenvalue weighted by Crippen LogP contribution is -2.59. The molecule has 0 spiro atoms. The lowest BCUT2D eigenvalue weighted by molar-refractivity contribution is -0.123. The Labute approximate surface area is 153 Å². The predicted octanol–water partition coefficient (Wildman–Crippen LogP) is 2.77. The third-order valence-electron chi connectivity index (χ3n) is 4.41. The van der Waals surface area contributed by atoms with Gasteiger partial charge in [-0.3, -0.25) is 4.79 Å². The Hall–Kier alpha value is -1.30. The first-order valence-corrected chi connectivity index (χ1v) is 9.33. The van der Waals surface area contributed by atoms with Crippen LogP contribution in [0.5, 0.6) is 0 Å². The van der Waals surface area contributed by atoms with Crippen molar-refractivity contribution in [3.8, 4) is 0 Å². The number of ether oxygens (including phenoxy) is 1. The van der Waals surface area contributed by atoms with Crippen molar-refractivity contribution in [1.29, 1.82) is 0 Å². The molecular weight excluding hydrogens is 318 g/mol. The summed E-state index contributed by atoms with van der Waals surface area (Å²) >= 11 is 0. The Morgan fingerprint density at radius 2 is 1.84 bits per heavy atom. The molecule has 0 aromatic carbocycles. The maximum atomic E-state index is 12.3. The van der Waals surface area contributed by atoms with Gasteiger partial charge in [0.05, 0.1) is 6.04 Å². The summed E-state index contributed by atoms with van der Waals surface area (Å²) in [6.45, 7) is 17.9. The molecule has 1 aliphatic rings. The molecule has 146 valence electrons. The molecule has 1 heterocycles. The van der Waals surface area contributed by atoms with E-state index in [9.17, 15) is 9.59 Å². The minimum atomic E-state index is -0.487. The van der Waals surface area contributed by atoms with Crippen LogP contribution in [0.4, 0.5) is 4.79 Å². The van der Waals surface area contributed by atoms with Gasteiger partial charge in [-0.15, -0.1) is 0 Å². The van der Waals surface area contributed by atoms with Gasteiger partial charge >= 0.3 is 6.09 Å². The van der Waals surface area contributed by atoms with Gasteiger partial charge in [0, 0.05) is 25.7 Å². The van der Waals surface area contributed by atoms with Crippen molar-refractivity contribution in [2.45, 2.75) is 79.5 Å². The number of likely N-dealkylation sites (tertiary alicyclic amines) is 1. The fraction of sp³-hybridized carbons (Fsp3) is 0.895. The lowest BCUT2D eigenvalue weighted by Gasteiger charge is -2.45. The molecule has 1 saturated heterocycles. The number of rotatable bonds is 5. The van der Waals surface area contributed by atoms with Gasteiger partial charge in [0.25, 0.3) is 0 Å². The third kappa shape index (κ3) is 7.22. The summed E-state index contributed by atoms with van der Waals surface area (Å²) in [7, 11) is 0. The van der Waals surface area contributed by atoms with Crippen molar-refractivity contribution in [2.24, 2.45) is 11.3 Å². The molecule has 0 aromatic rings. The van der Waals surface area contributed by atoms with Crippen molar-refractivity contribution in [1.82, 2.24) is 15.5 Å². The van der Waals surface area contributed by atoms with Crippen molar-refractivity contribution in [2.75, 3.05) is 19.6 Å². The van der Waals surface area contributed by atoms with E-state index < -0.39 is 5.60 Å². The van der Waals surface area contributed by atoms with E-state index in [1.165, 1.54) is 0 Å². The molecule has 6 heteroatoms. The molecule has 0 radical (unpaired) electrons. The molecule has 25 heavy (non-hydrogen) atoms. The molecule has 1 aliphatic heterocycles. The number of carbonyl (C=O) groups is 2. The zero-order chi connectivity index (χ0) is 19.4. The van der Waals surface area contributed by atoms with Crippen LogP contribution in [0.1, 0.15) is 61.8 Å². The number of carbonyl (C=O) groups excluding carboxylic acids is 2.